The summed E-state index contributed by atoms with van der Waals surface area (Å²) in [6, 6.07) is 11.5. The number of rotatable bonds is 7. The van der Waals surface area contributed by atoms with E-state index in [-0.39, 0.29) is 12.4 Å². The summed E-state index contributed by atoms with van der Waals surface area (Å²) in [6.45, 7) is 2.09. The molecule has 0 radical (unpaired) electrons. The molecule has 7 heteroatoms. The molecule has 126 valence electrons. The Bertz CT molecular complexity index is 717. The fourth-order valence-electron chi connectivity index (χ4n) is 1.77. The molecule has 6 nitrogen and oxygen atoms in total. The second-order valence-electron chi connectivity index (χ2n) is 4.70. The van der Waals surface area contributed by atoms with Crippen molar-refractivity contribution in [2.24, 2.45) is 5.10 Å². The van der Waals surface area contributed by atoms with Crippen LogP contribution < -0.4 is 14.9 Å². The van der Waals surface area contributed by atoms with Crippen LogP contribution in [-0.4, -0.2) is 30.4 Å². The summed E-state index contributed by atoms with van der Waals surface area (Å²) in [4.78, 5) is 11.7. The molecule has 0 aliphatic rings. The minimum Gasteiger partial charge on any atom is -0.504 e. The lowest BCUT2D eigenvalue weighted by Crippen LogP contribution is -2.24. The molecule has 0 fully saturated rings. The van der Waals surface area contributed by atoms with E-state index < -0.39 is 5.91 Å². The van der Waals surface area contributed by atoms with Gasteiger partial charge in [0, 0.05) is 5.02 Å². The lowest BCUT2D eigenvalue weighted by atomic mass is 10.2. The van der Waals surface area contributed by atoms with E-state index in [0.717, 1.165) is 0 Å². The maximum absolute atomic E-state index is 11.7. The van der Waals surface area contributed by atoms with E-state index in [0.29, 0.717) is 28.7 Å². The number of carbonyl (C=O) groups is 1. The Morgan fingerprint density at radius 1 is 1.25 bits per heavy atom. The molecule has 2 N–H and O–H groups in total. The number of hydrazone groups is 1. The second-order valence-corrected chi connectivity index (χ2v) is 5.13. The number of halogens is 1. The van der Waals surface area contributed by atoms with Gasteiger partial charge in [-0.05, 0) is 55.0 Å². The molecule has 2 aromatic carbocycles. The van der Waals surface area contributed by atoms with E-state index in [4.69, 9.17) is 21.1 Å². The first-order chi connectivity index (χ1) is 11.6. The van der Waals surface area contributed by atoms with Crippen LogP contribution in [0, 0.1) is 0 Å². The van der Waals surface area contributed by atoms with Crippen molar-refractivity contribution in [3.05, 3.63) is 53.1 Å². The minimum absolute atomic E-state index is 0.0504. The van der Waals surface area contributed by atoms with Crippen LogP contribution in [0.25, 0.3) is 0 Å². The normalized spacial score (nSPS) is 10.6. The highest BCUT2D eigenvalue weighted by molar-refractivity contribution is 6.30. The van der Waals surface area contributed by atoms with E-state index in [1.165, 1.54) is 12.3 Å². The Balaban J connectivity index is 1.83. The van der Waals surface area contributed by atoms with Gasteiger partial charge >= 0.3 is 0 Å². The lowest BCUT2D eigenvalue weighted by Gasteiger charge is -2.06. The van der Waals surface area contributed by atoms with Gasteiger partial charge in [-0.2, -0.15) is 5.10 Å². The molecule has 0 heterocycles. The number of nitrogens with zero attached hydrogens (tertiary/aromatic N) is 1. The molecule has 0 aliphatic heterocycles. The van der Waals surface area contributed by atoms with Gasteiger partial charge < -0.3 is 14.6 Å². The molecule has 1 amide bonds. The Kier molecular flexibility index (Phi) is 6.45. The zero-order chi connectivity index (χ0) is 17.4. The third kappa shape index (κ3) is 5.48. The van der Waals surface area contributed by atoms with E-state index in [2.05, 4.69) is 10.5 Å². The van der Waals surface area contributed by atoms with Crippen LogP contribution in [0.2, 0.25) is 5.02 Å². The molecular weight excluding hydrogens is 332 g/mol. The number of hydrogen-bond acceptors (Lipinski definition) is 5. The van der Waals surface area contributed by atoms with Crippen molar-refractivity contribution in [2.45, 2.75) is 6.92 Å². The van der Waals surface area contributed by atoms with Gasteiger partial charge in [0.05, 0.1) is 12.8 Å². The van der Waals surface area contributed by atoms with Crippen LogP contribution in [0.5, 0.6) is 17.2 Å². The molecule has 0 aromatic heterocycles. The third-order valence-electron chi connectivity index (χ3n) is 2.87. The molecule has 0 spiro atoms. The lowest BCUT2D eigenvalue weighted by molar-refractivity contribution is -0.123. The number of aromatic hydroxyl groups is 1. The highest BCUT2D eigenvalue weighted by Crippen LogP contribution is 2.26. The van der Waals surface area contributed by atoms with Gasteiger partial charge in [0.1, 0.15) is 5.75 Å². The summed E-state index contributed by atoms with van der Waals surface area (Å²) in [5.41, 5.74) is 3.03. The monoisotopic (exact) mass is 348 g/mol. The molecule has 0 unspecified atom stereocenters. The molecule has 0 saturated carbocycles. The van der Waals surface area contributed by atoms with Gasteiger partial charge in [-0.1, -0.05) is 11.6 Å². The number of hydrogen-bond donors (Lipinski definition) is 2. The topological polar surface area (TPSA) is 80.2 Å². The van der Waals surface area contributed by atoms with Crippen LogP contribution >= 0.6 is 11.6 Å². The molecule has 0 saturated heterocycles. The Labute approximate surface area is 144 Å². The number of benzene rings is 2. The van der Waals surface area contributed by atoms with Crippen molar-refractivity contribution in [1.29, 1.82) is 0 Å². The maximum Gasteiger partial charge on any atom is 0.277 e. The van der Waals surface area contributed by atoms with Gasteiger partial charge in [-0.3, -0.25) is 4.79 Å². The highest BCUT2D eigenvalue weighted by Gasteiger charge is 2.03. The largest absolute Gasteiger partial charge is 0.504 e. The Hall–Kier alpha value is -2.73. The summed E-state index contributed by atoms with van der Waals surface area (Å²) in [5.74, 6) is 0.552. The summed E-state index contributed by atoms with van der Waals surface area (Å²) in [6.07, 6.45) is 1.45. The van der Waals surface area contributed by atoms with Crippen LogP contribution in [0.3, 0.4) is 0 Å². The van der Waals surface area contributed by atoms with Gasteiger partial charge in [-0.15, -0.1) is 0 Å². The van der Waals surface area contributed by atoms with Crippen LogP contribution in [0.15, 0.2) is 47.6 Å². The Morgan fingerprint density at radius 3 is 2.71 bits per heavy atom. The zero-order valence-electron chi connectivity index (χ0n) is 13.0. The molecule has 0 aliphatic carbocycles. The van der Waals surface area contributed by atoms with Gasteiger partial charge in [0.25, 0.3) is 5.91 Å². The maximum atomic E-state index is 11.7. The summed E-state index contributed by atoms with van der Waals surface area (Å²) in [5, 5.41) is 14.0. The fourth-order valence-corrected chi connectivity index (χ4v) is 1.90. The van der Waals surface area contributed by atoms with Crippen LogP contribution in [-0.2, 0) is 4.79 Å². The number of ether oxygens (including phenoxy) is 2. The van der Waals surface area contributed by atoms with Crippen LogP contribution in [0.1, 0.15) is 12.5 Å². The zero-order valence-corrected chi connectivity index (χ0v) is 13.8. The molecule has 0 bridgehead atoms. The molecule has 2 rings (SSSR count). The first kappa shape index (κ1) is 17.6. The van der Waals surface area contributed by atoms with Crippen molar-refractivity contribution >= 4 is 23.7 Å². The number of phenols is 1. The van der Waals surface area contributed by atoms with Crippen LogP contribution in [0.4, 0.5) is 0 Å². The molecule has 2 aromatic rings. The molecule has 0 atom stereocenters. The minimum atomic E-state index is -0.398. The molecular formula is C17H17ClN2O4. The van der Waals surface area contributed by atoms with Crippen molar-refractivity contribution in [3.63, 3.8) is 0 Å². The first-order valence-corrected chi connectivity index (χ1v) is 7.62. The van der Waals surface area contributed by atoms with Crippen molar-refractivity contribution in [1.82, 2.24) is 5.43 Å². The van der Waals surface area contributed by atoms with Crippen molar-refractivity contribution in [2.75, 3.05) is 13.2 Å². The quantitative estimate of drug-likeness (QED) is 0.595. The number of amides is 1. The van der Waals surface area contributed by atoms with E-state index in [1.54, 1.807) is 36.4 Å². The van der Waals surface area contributed by atoms with E-state index in [9.17, 15) is 9.90 Å². The molecule has 24 heavy (non-hydrogen) atoms. The fraction of sp³-hybridized carbons (Fsp3) is 0.176. The summed E-state index contributed by atoms with van der Waals surface area (Å²) < 4.78 is 10.6. The third-order valence-corrected chi connectivity index (χ3v) is 3.12. The summed E-state index contributed by atoms with van der Waals surface area (Å²) in [7, 11) is 0. The van der Waals surface area contributed by atoms with Gasteiger partial charge in [0.15, 0.2) is 18.1 Å². The van der Waals surface area contributed by atoms with Crippen molar-refractivity contribution < 1.29 is 19.4 Å². The number of nitrogens with one attached hydrogen (secondary N) is 1. The summed E-state index contributed by atoms with van der Waals surface area (Å²) >= 11 is 5.76. The second kappa shape index (κ2) is 8.79. The average Bonchev–Trinajstić information content (AvgIpc) is 2.57. The highest BCUT2D eigenvalue weighted by atomic mass is 35.5. The van der Waals surface area contributed by atoms with E-state index in [1.807, 2.05) is 6.92 Å². The average molecular weight is 349 g/mol. The Morgan fingerprint density at radius 2 is 2.00 bits per heavy atom. The van der Waals surface area contributed by atoms with Gasteiger partial charge in [-0.25, -0.2) is 5.43 Å². The van der Waals surface area contributed by atoms with Gasteiger partial charge in [0.2, 0.25) is 0 Å². The standard InChI is InChI=1S/C17H17ClN2O4/c1-2-23-16-9-12(3-8-15(16)21)10-19-20-17(22)11-24-14-6-4-13(18)5-7-14/h3-10,21H,2,11H2,1H3,(H,20,22)/b19-10+. The van der Waals surface area contributed by atoms with E-state index >= 15 is 0 Å². The number of phenolic OH excluding ortho intramolecular Hbond substituents is 1. The first-order valence-electron chi connectivity index (χ1n) is 7.24. The number of carbonyl (C=O) groups excluding carboxylic acids is 1. The SMILES string of the molecule is CCOc1cc(/C=N/NC(=O)COc2ccc(Cl)cc2)ccc1O. The predicted octanol–water partition coefficient (Wildman–Crippen LogP) is 2.97. The van der Waals surface area contributed by atoms with Crippen molar-refractivity contribution in [3.8, 4) is 17.2 Å². The predicted molar refractivity (Wildman–Crippen MR) is 92.0 cm³/mol. The smallest absolute Gasteiger partial charge is 0.277 e.